The molecule has 1 fully saturated rings. The van der Waals surface area contributed by atoms with Crippen LogP contribution in [0.1, 0.15) is 19.4 Å². The molecule has 1 heterocycles. The molecule has 0 aromatic heterocycles. The van der Waals surface area contributed by atoms with Crippen molar-refractivity contribution in [2.45, 2.75) is 20.0 Å². The molecule has 3 rings (SSSR count). The van der Waals surface area contributed by atoms with Gasteiger partial charge in [-0.15, -0.1) is 0 Å². The minimum atomic E-state index is -1.19. The summed E-state index contributed by atoms with van der Waals surface area (Å²) < 4.78 is 10.4. The van der Waals surface area contributed by atoms with E-state index in [4.69, 9.17) is 21.1 Å². The fraction of sp³-hybridized carbons (Fsp3) is 0.190. The van der Waals surface area contributed by atoms with Crippen LogP contribution in [0, 0.1) is 10.1 Å². The molecule has 0 unspecified atom stereocenters. The third kappa shape index (κ3) is 4.70. The van der Waals surface area contributed by atoms with E-state index in [0.29, 0.717) is 5.69 Å². The molecule has 2 amide bonds. The number of rotatable bonds is 7. The number of amides is 2. The van der Waals surface area contributed by atoms with E-state index in [2.05, 4.69) is 5.43 Å². The summed E-state index contributed by atoms with van der Waals surface area (Å²) in [7, 11) is 0. The highest BCUT2D eigenvalue weighted by Crippen LogP contribution is 2.37. The van der Waals surface area contributed by atoms with Crippen molar-refractivity contribution < 1.29 is 28.8 Å². The molecule has 0 radical (unpaired) electrons. The number of benzene rings is 2. The topological polar surface area (TPSA) is 128 Å². The number of halogens is 1. The smallest absolute Gasteiger partial charge is 0.347 e. The SMILES string of the molecule is CCOC(=O)[C@@H](C)Oc1c(/C=C2/C(=O)NN(c3ccccc3)C2=O)cc(Cl)cc1[N+](=O)[O-]. The standard InChI is InChI=1S/C21H18ClN3O7/c1-3-31-21(28)12(2)32-18-13(9-14(22)11-17(18)25(29)30)10-16-19(26)23-24(20(16)27)15-7-5-4-6-8-15/h4-12H,3H2,1-2H3,(H,23,26)/b16-10-/t12-/m1/s1. The van der Waals surface area contributed by atoms with Gasteiger partial charge in [0.2, 0.25) is 5.75 Å². The first-order valence-electron chi connectivity index (χ1n) is 9.46. The van der Waals surface area contributed by atoms with Crippen molar-refractivity contribution in [3.05, 3.63) is 68.7 Å². The lowest BCUT2D eigenvalue weighted by Gasteiger charge is -2.16. The maximum Gasteiger partial charge on any atom is 0.347 e. The third-order valence-corrected chi connectivity index (χ3v) is 4.60. The van der Waals surface area contributed by atoms with E-state index in [1.807, 2.05) is 0 Å². The number of hydrogen-bond acceptors (Lipinski definition) is 7. The molecular weight excluding hydrogens is 442 g/mol. The maximum atomic E-state index is 12.8. The average Bonchev–Trinajstić information content (AvgIpc) is 3.04. The number of hydrogen-bond donors (Lipinski definition) is 1. The number of nitrogens with zero attached hydrogens (tertiary/aromatic N) is 2. The summed E-state index contributed by atoms with van der Waals surface area (Å²) in [4.78, 5) is 48.1. The Balaban J connectivity index is 2.06. The molecule has 1 aliphatic heterocycles. The molecule has 32 heavy (non-hydrogen) atoms. The van der Waals surface area contributed by atoms with E-state index in [1.54, 1.807) is 37.3 Å². The Labute approximate surface area is 187 Å². The minimum absolute atomic E-state index is 0.0197. The van der Waals surface area contributed by atoms with Gasteiger partial charge in [0.15, 0.2) is 6.10 Å². The quantitative estimate of drug-likeness (QED) is 0.221. The van der Waals surface area contributed by atoms with Crippen LogP contribution < -0.4 is 15.2 Å². The molecule has 166 valence electrons. The van der Waals surface area contributed by atoms with Crippen LogP contribution in [0.25, 0.3) is 6.08 Å². The van der Waals surface area contributed by atoms with Gasteiger partial charge in [0.25, 0.3) is 11.8 Å². The van der Waals surface area contributed by atoms with Gasteiger partial charge in [-0.3, -0.25) is 25.1 Å². The summed E-state index contributed by atoms with van der Waals surface area (Å²) in [5.41, 5.74) is 2.01. The van der Waals surface area contributed by atoms with E-state index < -0.39 is 34.5 Å². The number of hydrazine groups is 1. The van der Waals surface area contributed by atoms with Crippen LogP contribution in [0.15, 0.2) is 48.0 Å². The van der Waals surface area contributed by atoms with Crippen molar-refractivity contribution in [2.75, 3.05) is 11.6 Å². The van der Waals surface area contributed by atoms with Crippen molar-refractivity contribution in [3.63, 3.8) is 0 Å². The summed E-state index contributed by atoms with van der Waals surface area (Å²) in [5.74, 6) is -2.45. The summed E-state index contributed by atoms with van der Waals surface area (Å²) in [6.07, 6.45) is -0.0620. The molecule has 1 aliphatic rings. The van der Waals surface area contributed by atoms with E-state index in [-0.39, 0.29) is 28.5 Å². The fourth-order valence-corrected chi connectivity index (χ4v) is 3.15. The lowest BCUT2D eigenvalue weighted by molar-refractivity contribution is -0.386. The number of esters is 1. The second-order valence-electron chi connectivity index (χ2n) is 6.59. The van der Waals surface area contributed by atoms with Crippen molar-refractivity contribution in [1.29, 1.82) is 0 Å². The van der Waals surface area contributed by atoms with Crippen LogP contribution in [0.5, 0.6) is 5.75 Å². The summed E-state index contributed by atoms with van der Waals surface area (Å²) >= 11 is 6.02. The first-order valence-corrected chi connectivity index (χ1v) is 9.84. The fourth-order valence-electron chi connectivity index (χ4n) is 2.93. The Hall–Kier alpha value is -3.92. The number of nitro benzene ring substituents is 1. The Morgan fingerprint density at radius 1 is 1.28 bits per heavy atom. The van der Waals surface area contributed by atoms with Crippen LogP contribution in [0.4, 0.5) is 11.4 Å². The molecule has 0 aliphatic carbocycles. The van der Waals surface area contributed by atoms with E-state index in [9.17, 15) is 24.5 Å². The monoisotopic (exact) mass is 459 g/mol. The van der Waals surface area contributed by atoms with Crippen LogP contribution in [-0.2, 0) is 19.1 Å². The van der Waals surface area contributed by atoms with Gasteiger partial charge >= 0.3 is 11.7 Å². The van der Waals surface area contributed by atoms with Gasteiger partial charge in [-0.25, -0.2) is 9.80 Å². The van der Waals surface area contributed by atoms with Gasteiger partial charge in [-0.2, -0.15) is 0 Å². The third-order valence-electron chi connectivity index (χ3n) is 4.38. The molecule has 0 spiro atoms. The van der Waals surface area contributed by atoms with E-state index >= 15 is 0 Å². The molecule has 1 atom stereocenters. The predicted octanol–water partition coefficient (Wildman–Crippen LogP) is 3.04. The maximum absolute atomic E-state index is 12.8. The van der Waals surface area contributed by atoms with Crippen molar-refractivity contribution in [2.24, 2.45) is 0 Å². The second kappa shape index (κ2) is 9.48. The number of nitro groups is 1. The van der Waals surface area contributed by atoms with Crippen LogP contribution in [-0.4, -0.2) is 35.4 Å². The van der Waals surface area contributed by atoms with Gasteiger partial charge in [0.1, 0.15) is 5.57 Å². The minimum Gasteiger partial charge on any atom is -0.471 e. The molecular formula is C21H18ClN3O7. The highest BCUT2D eigenvalue weighted by Gasteiger charge is 2.35. The van der Waals surface area contributed by atoms with E-state index in [0.717, 1.165) is 17.2 Å². The molecule has 0 bridgehead atoms. The molecule has 2 aromatic carbocycles. The van der Waals surface area contributed by atoms with Crippen LogP contribution in [0.3, 0.4) is 0 Å². The molecule has 1 N–H and O–H groups in total. The summed E-state index contributed by atoms with van der Waals surface area (Å²) in [6.45, 7) is 3.06. The Bertz CT molecular complexity index is 1120. The molecule has 1 saturated heterocycles. The first kappa shape index (κ1) is 22.8. The van der Waals surface area contributed by atoms with Gasteiger partial charge < -0.3 is 9.47 Å². The number of anilines is 1. The number of ether oxygens (including phenoxy) is 2. The zero-order valence-corrected chi connectivity index (χ0v) is 17.8. The number of para-hydroxylation sites is 1. The van der Waals surface area contributed by atoms with Crippen LogP contribution >= 0.6 is 11.6 Å². The Morgan fingerprint density at radius 3 is 2.59 bits per heavy atom. The Kier molecular flexibility index (Phi) is 6.74. The van der Waals surface area contributed by atoms with Crippen LogP contribution in [0.2, 0.25) is 5.02 Å². The van der Waals surface area contributed by atoms with Gasteiger partial charge in [0.05, 0.1) is 17.2 Å². The van der Waals surface area contributed by atoms with Crippen molar-refractivity contribution >= 4 is 46.8 Å². The zero-order chi connectivity index (χ0) is 23.4. The summed E-state index contributed by atoms with van der Waals surface area (Å²) in [5, 5.41) is 12.6. The van der Waals surface area contributed by atoms with Crippen molar-refractivity contribution in [3.8, 4) is 5.75 Å². The first-order chi connectivity index (χ1) is 15.2. The molecule has 11 heteroatoms. The van der Waals surface area contributed by atoms with Gasteiger partial charge in [-0.1, -0.05) is 29.8 Å². The second-order valence-corrected chi connectivity index (χ2v) is 7.02. The average molecular weight is 460 g/mol. The lowest BCUT2D eigenvalue weighted by atomic mass is 10.1. The Morgan fingerprint density at radius 2 is 1.97 bits per heavy atom. The number of nitrogens with one attached hydrogen (secondary N) is 1. The largest absolute Gasteiger partial charge is 0.471 e. The van der Waals surface area contributed by atoms with E-state index in [1.165, 1.54) is 13.0 Å². The summed E-state index contributed by atoms with van der Waals surface area (Å²) in [6, 6.07) is 10.7. The lowest BCUT2D eigenvalue weighted by Crippen LogP contribution is -2.35. The normalized spacial score (nSPS) is 15.5. The number of carbonyl (C=O) groups is 3. The van der Waals surface area contributed by atoms with Crippen molar-refractivity contribution in [1.82, 2.24) is 5.43 Å². The molecule has 2 aromatic rings. The van der Waals surface area contributed by atoms with Gasteiger partial charge in [0, 0.05) is 16.7 Å². The zero-order valence-electron chi connectivity index (χ0n) is 17.0. The predicted molar refractivity (Wildman–Crippen MR) is 115 cm³/mol. The highest BCUT2D eigenvalue weighted by atomic mass is 35.5. The highest BCUT2D eigenvalue weighted by molar-refractivity contribution is 6.32. The molecule has 10 nitrogen and oxygen atoms in total. The molecule has 0 saturated carbocycles. The van der Waals surface area contributed by atoms with Gasteiger partial charge in [-0.05, 0) is 38.1 Å². The number of carbonyl (C=O) groups excluding carboxylic acids is 3.